The zero-order chi connectivity index (χ0) is 14.0. The minimum absolute atomic E-state index is 0.207. The number of benzene rings is 1. The van der Waals surface area contributed by atoms with Crippen LogP contribution in [0, 0.1) is 20.8 Å². The Hall–Kier alpha value is -1.32. The summed E-state index contributed by atoms with van der Waals surface area (Å²) in [5, 5.41) is 0.321. The molecular weight excluding hydrogens is 283 g/mol. The van der Waals surface area contributed by atoms with Crippen molar-refractivity contribution in [2.24, 2.45) is 0 Å². The van der Waals surface area contributed by atoms with Crippen LogP contribution in [0.5, 0.6) is 11.6 Å². The maximum atomic E-state index is 5.98. The summed E-state index contributed by atoms with van der Waals surface area (Å²) in [4.78, 5) is 8.00. The number of alkyl halides is 1. The molecule has 1 aromatic heterocycles. The van der Waals surface area contributed by atoms with Crippen molar-refractivity contribution in [3.63, 3.8) is 0 Å². The van der Waals surface area contributed by atoms with Crippen LogP contribution in [0.2, 0.25) is 5.15 Å². The number of hydrogen-bond acceptors (Lipinski definition) is 3. The second-order valence-corrected chi connectivity index (χ2v) is 5.01. The number of aryl methyl sites for hydroxylation is 2. The van der Waals surface area contributed by atoms with E-state index in [2.05, 4.69) is 16.0 Å². The van der Waals surface area contributed by atoms with E-state index >= 15 is 0 Å². The van der Waals surface area contributed by atoms with Gasteiger partial charge in [-0.1, -0.05) is 17.7 Å². The fourth-order valence-electron chi connectivity index (χ4n) is 1.79. The van der Waals surface area contributed by atoms with Crippen LogP contribution in [0.4, 0.5) is 0 Å². The summed E-state index contributed by atoms with van der Waals surface area (Å²) < 4.78 is 5.85. The summed E-state index contributed by atoms with van der Waals surface area (Å²) in [6.45, 7) is 6.08. The van der Waals surface area contributed by atoms with Crippen molar-refractivity contribution < 1.29 is 4.74 Å². The van der Waals surface area contributed by atoms with Crippen LogP contribution < -0.4 is 4.74 Å². The first-order valence-electron chi connectivity index (χ1n) is 5.84. The molecule has 0 fully saturated rings. The summed E-state index contributed by atoms with van der Waals surface area (Å²) in [7, 11) is 0. The SMILES string of the molecule is Cc1cc(C)c(C)c(Oc2ncnc(Cl)c2CCl)c1. The molecule has 2 rings (SSSR count). The third-order valence-corrected chi connectivity index (χ3v) is 3.55. The number of ether oxygens (including phenoxy) is 1. The van der Waals surface area contributed by atoms with Gasteiger partial charge >= 0.3 is 0 Å². The normalized spacial score (nSPS) is 10.6. The molecule has 0 aliphatic heterocycles. The van der Waals surface area contributed by atoms with E-state index in [9.17, 15) is 0 Å². The molecule has 2 aromatic rings. The molecule has 0 spiro atoms. The highest BCUT2D eigenvalue weighted by molar-refractivity contribution is 6.31. The fourth-order valence-corrected chi connectivity index (χ4v) is 2.29. The summed E-state index contributed by atoms with van der Waals surface area (Å²) in [5.41, 5.74) is 3.97. The van der Waals surface area contributed by atoms with Crippen molar-refractivity contribution in [2.45, 2.75) is 26.7 Å². The van der Waals surface area contributed by atoms with E-state index in [-0.39, 0.29) is 5.88 Å². The highest BCUT2D eigenvalue weighted by Crippen LogP contribution is 2.31. The Kier molecular flexibility index (Phi) is 4.27. The van der Waals surface area contributed by atoms with Crippen LogP contribution in [-0.4, -0.2) is 9.97 Å². The quantitative estimate of drug-likeness (QED) is 0.614. The number of halogens is 2. The van der Waals surface area contributed by atoms with Gasteiger partial charge in [0.15, 0.2) is 0 Å². The van der Waals surface area contributed by atoms with E-state index in [1.165, 1.54) is 11.9 Å². The average Bonchev–Trinajstić information content (AvgIpc) is 2.35. The van der Waals surface area contributed by atoms with Crippen molar-refractivity contribution in [2.75, 3.05) is 0 Å². The standard InChI is InChI=1S/C14H14Cl2N2O/c1-8-4-9(2)10(3)12(5-8)19-14-11(6-15)13(16)17-7-18-14/h4-5,7H,6H2,1-3H3. The third-order valence-electron chi connectivity index (χ3n) is 2.96. The zero-order valence-electron chi connectivity index (χ0n) is 11.0. The van der Waals surface area contributed by atoms with Gasteiger partial charge in [0, 0.05) is 0 Å². The smallest absolute Gasteiger partial charge is 0.228 e. The van der Waals surface area contributed by atoms with Crippen LogP contribution in [0.3, 0.4) is 0 Å². The first-order chi connectivity index (χ1) is 9.02. The van der Waals surface area contributed by atoms with Gasteiger partial charge in [-0.2, -0.15) is 0 Å². The molecule has 0 N–H and O–H groups in total. The highest BCUT2D eigenvalue weighted by Gasteiger charge is 2.13. The summed E-state index contributed by atoms with van der Waals surface area (Å²) in [6.07, 6.45) is 1.37. The number of aromatic nitrogens is 2. The van der Waals surface area contributed by atoms with Crippen LogP contribution in [-0.2, 0) is 5.88 Å². The van der Waals surface area contributed by atoms with Gasteiger partial charge in [0.25, 0.3) is 0 Å². The third kappa shape index (κ3) is 2.99. The molecule has 100 valence electrons. The Morgan fingerprint density at radius 2 is 1.89 bits per heavy atom. The number of nitrogens with zero attached hydrogens (tertiary/aromatic N) is 2. The van der Waals surface area contributed by atoms with Crippen LogP contribution in [0.15, 0.2) is 18.5 Å². The lowest BCUT2D eigenvalue weighted by Gasteiger charge is -2.13. The summed E-state index contributed by atoms with van der Waals surface area (Å²) >= 11 is 11.8. The van der Waals surface area contributed by atoms with Gasteiger partial charge in [-0.25, -0.2) is 9.97 Å². The highest BCUT2D eigenvalue weighted by atomic mass is 35.5. The number of hydrogen-bond donors (Lipinski definition) is 0. The maximum Gasteiger partial charge on any atom is 0.228 e. The summed E-state index contributed by atoms with van der Waals surface area (Å²) in [6, 6.07) is 4.08. The molecule has 5 heteroatoms. The van der Waals surface area contributed by atoms with Gasteiger partial charge in [0.2, 0.25) is 5.88 Å². The van der Waals surface area contributed by atoms with Crippen molar-refractivity contribution in [1.29, 1.82) is 0 Å². The average molecular weight is 297 g/mol. The molecule has 0 unspecified atom stereocenters. The van der Waals surface area contributed by atoms with Crippen LogP contribution >= 0.6 is 23.2 Å². The molecule has 0 radical (unpaired) electrons. The van der Waals surface area contributed by atoms with Gasteiger partial charge in [-0.15, -0.1) is 11.6 Å². The largest absolute Gasteiger partial charge is 0.438 e. The fraction of sp³-hybridized carbons (Fsp3) is 0.286. The molecule has 0 atom stereocenters. The van der Waals surface area contributed by atoms with Crippen LogP contribution in [0.25, 0.3) is 0 Å². The Balaban J connectivity index is 2.45. The van der Waals surface area contributed by atoms with Gasteiger partial charge in [-0.3, -0.25) is 0 Å². The molecule has 0 amide bonds. The van der Waals surface area contributed by atoms with E-state index < -0.39 is 0 Å². The Morgan fingerprint density at radius 3 is 2.58 bits per heavy atom. The van der Waals surface area contributed by atoms with Crippen LogP contribution in [0.1, 0.15) is 22.3 Å². The Morgan fingerprint density at radius 1 is 1.16 bits per heavy atom. The second kappa shape index (κ2) is 5.76. The Bertz CT molecular complexity index is 615. The van der Waals surface area contributed by atoms with E-state index in [1.807, 2.05) is 26.8 Å². The lowest BCUT2D eigenvalue weighted by molar-refractivity contribution is 0.452. The van der Waals surface area contributed by atoms with Crippen molar-refractivity contribution in [3.05, 3.63) is 45.9 Å². The van der Waals surface area contributed by atoms with E-state index in [0.717, 1.165) is 16.9 Å². The van der Waals surface area contributed by atoms with E-state index in [4.69, 9.17) is 27.9 Å². The molecule has 0 saturated carbocycles. The monoisotopic (exact) mass is 296 g/mol. The van der Waals surface area contributed by atoms with E-state index in [1.54, 1.807) is 0 Å². The lowest BCUT2D eigenvalue weighted by atomic mass is 10.1. The molecule has 0 aliphatic rings. The zero-order valence-corrected chi connectivity index (χ0v) is 12.5. The van der Waals surface area contributed by atoms with Gasteiger partial charge in [-0.05, 0) is 43.5 Å². The molecule has 1 aromatic carbocycles. The first kappa shape index (κ1) is 14.1. The van der Waals surface area contributed by atoms with E-state index in [0.29, 0.717) is 16.6 Å². The predicted molar refractivity (Wildman–Crippen MR) is 77.3 cm³/mol. The molecule has 0 aliphatic carbocycles. The molecular formula is C14H14Cl2N2O. The topological polar surface area (TPSA) is 35.0 Å². The minimum Gasteiger partial charge on any atom is -0.438 e. The second-order valence-electron chi connectivity index (χ2n) is 4.39. The summed E-state index contributed by atoms with van der Waals surface area (Å²) in [5.74, 6) is 1.38. The van der Waals surface area contributed by atoms with Crippen molar-refractivity contribution >= 4 is 23.2 Å². The van der Waals surface area contributed by atoms with Gasteiger partial charge in [0.1, 0.15) is 17.2 Å². The number of rotatable bonds is 3. The predicted octanol–water partition coefficient (Wildman–Crippen LogP) is 4.59. The molecule has 0 saturated heterocycles. The molecule has 0 bridgehead atoms. The molecule has 3 nitrogen and oxygen atoms in total. The van der Waals surface area contributed by atoms with Crippen molar-refractivity contribution in [3.8, 4) is 11.6 Å². The van der Waals surface area contributed by atoms with Gasteiger partial charge in [0.05, 0.1) is 11.4 Å². The van der Waals surface area contributed by atoms with Crippen molar-refractivity contribution in [1.82, 2.24) is 9.97 Å². The minimum atomic E-state index is 0.207. The molecule has 19 heavy (non-hydrogen) atoms. The lowest BCUT2D eigenvalue weighted by Crippen LogP contribution is -1.98. The molecule has 1 heterocycles. The Labute approximate surface area is 122 Å². The maximum absolute atomic E-state index is 5.98. The van der Waals surface area contributed by atoms with Gasteiger partial charge < -0.3 is 4.74 Å². The first-order valence-corrected chi connectivity index (χ1v) is 6.75.